The highest BCUT2D eigenvalue weighted by atomic mass is 32.1. The van der Waals surface area contributed by atoms with Crippen LogP contribution in [0.25, 0.3) is 0 Å². The monoisotopic (exact) mass is 435 g/mol. The minimum atomic E-state index is -4.62. The quantitative estimate of drug-likeness (QED) is 0.483. The largest absolute Gasteiger partial charge is 0.493 e. The Bertz CT molecular complexity index is 1000. The normalized spacial score (nSPS) is 11.2. The van der Waals surface area contributed by atoms with Crippen LogP contribution in [0.4, 0.5) is 13.2 Å². The zero-order valence-corrected chi connectivity index (χ0v) is 17.2. The van der Waals surface area contributed by atoms with Crippen molar-refractivity contribution in [3.05, 3.63) is 81.5 Å². The zero-order chi connectivity index (χ0) is 21.7. The van der Waals surface area contributed by atoms with Crippen molar-refractivity contribution in [2.45, 2.75) is 19.3 Å². The Kier molecular flexibility index (Phi) is 6.66. The average Bonchev–Trinajstić information content (AvgIpc) is 3.25. The number of thiophene rings is 1. The average molecular weight is 435 g/mol. The van der Waals surface area contributed by atoms with E-state index in [0.29, 0.717) is 17.1 Å². The first-order chi connectivity index (χ1) is 14.3. The van der Waals surface area contributed by atoms with Gasteiger partial charge in [-0.2, -0.15) is 13.2 Å². The summed E-state index contributed by atoms with van der Waals surface area (Å²) in [6, 6.07) is 13.7. The van der Waals surface area contributed by atoms with Crippen LogP contribution in [-0.4, -0.2) is 25.0 Å². The molecule has 0 bridgehead atoms. The minimum Gasteiger partial charge on any atom is -0.493 e. The second-order valence-electron chi connectivity index (χ2n) is 6.47. The van der Waals surface area contributed by atoms with Gasteiger partial charge >= 0.3 is 6.18 Å². The van der Waals surface area contributed by atoms with Crippen molar-refractivity contribution in [3.63, 3.8) is 0 Å². The Balaban J connectivity index is 1.97. The number of ether oxygens (including phenoxy) is 2. The minimum absolute atomic E-state index is 0.114. The van der Waals surface area contributed by atoms with Gasteiger partial charge in [0.2, 0.25) is 0 Å². The molecule has 0 aliphatic heterocycles. The summed E-state index contributed by atoms with van der Waals surface area (Å²) in [6.07, 6.45) is -4.62. The molecule has 0 fully saturated rings. The van der Waals surface area contributed by atoms with Gasteiger partial charge in [0.1, 0.15) is 0 Å². The number of halogens is 3. The molecule has 3 rings (SSSR count). The van der Waals surface area contributed by atoms with E-state index in [1.807, 2.05) is 17.5 Å². The standard InChI is InChI=1S/C22H20F3NO3S/c1-28-19-10-9-15(12-20(19)29-2)13-26(14-16-6-5-11-30-16)21(27)17-7-3-4-8-18(17)22(23,24)25/h3-12H,13-14H2,1-2H3. The van der Waals surface area contributed by atoms with Gasteiger partial charge in [-0.05, 0) is 41.3 Å². The van der Waals surface area contributed by atoms with Crippen LogP contribution in [0.3, 0.4) is 0 Å². The highest BCUT2D eigenvalue weighted by Gasteiger charge is 2.36. The van der Waals surface area contributed by atoms with Gasteiger partial charge in [-0.15, -0.1) is 11.3 Å². The summed E-state index contributed by atoms with van der Waals surface area (Å²) in [7, 11) is 3.01. The van der Waals surface area contributed by atoms with Crippen LogP contribution in [-0.2, 0) is 19.3 Å². The third kappa shape index (κ3) is 4.94. The number of amides is 1. The van der Waals surface area contributed by atoms with Crippen molar-refractivity contribution in [1.82, 2.24) is 4.90 Å². The molecule has 158 valence electrons. The lowest BCUT2D eigenvalue weighted by atomic mass is 10.0. The van der Waals surface area contributed by atoms with Gasteiger partial charge in [0.25, 0.3) is 5.91 Å². The molecule has 0 N–H and O–H groups in total. The lowest BCUT2D eigenvalue weighted by molar-refractivity contribution is -0.138. The van der Waals surface area contributed by atoms with Crippen molar-refractivity contribution in [3.8, 4) is 11.5 Å². The van der Waals surface area contributed by atoms with E-state index in [4.69, 9.17) is 9.47 Å². The van der Waals surface area contributed by atoms with Crippen molar-refractivity contribution in [2.75, 3.05) is 14.2 Å². The van der Waals surface area contributed by atoms with E-state index >= 15 is 0 Å². The highest BCUT2D eigenvalue weighted by Crippen LogP contribution is 2.33. The number of hydrogen-bond donors (Lipinski definition) is 0. The third-order valence-corrected chi connectivity index (χ3v) is 5.36. The van der Waals surface area contributed by atoms with Crippen LogP contribution in [0, 0.1) is 0 Å². The molecule has 0 atom stereocenters. The molecule has 4 nitrogen and oxygen atoms in total. The molecule has 3 aromatic rings. The Morgan fingerprint density at radius 1 is 0.967 bits per heavy atom. The maximum atomic E-state index is 13.5. The summed E-state index contributed by atoms with van der Waals surface area (Å²) in [6.45, 7) is 0.306. The molecule has 0 spiro atoms. The number of hydrogen-bond acceptors (Lipinski definition) is 4. The molecule has 0 saturated heterocycles. The highest BCUT2D eigenvalue weighted by molar-refractivity contribution is 7.09. The SMILES string of the molecule is COc1ccc(CN(Cc2cccs2)C(=O)c2ccccc2C(F)(F)F)cc1OC. The number of carbonyl (C=O) groups is 1. The van der Waals surface area contributed by atoms with Crippen LogP contribution in [0.5, 0.6) is 11.5 Å². The van der Waals surface area contributed by atoms with E-state index in [1.54, 1.807) is 18.2 Å². The first-order valence-corrected chi connectivity index (χ1v) is 9.90. The summed E-state index contributed by atoms with van der Waals surface area (Å²) in [5.74, 6) is 0.320. The molecule has 0 radical (unpaired) electrons. The topological polar surface area (TPSA) is 38.8 Å². The number of alkyl halides is 3. The summed E-state index contributed by atoms with van der Waals surface area (Å²) in [5.41, 5.74) is -0.609. The van der Waals surface area contributed by atoms with Crippen molar-refractivity contribution < 1.29 is 27.4 Å². The second kappa shape index (κ2) is 9.21. The Labute approximate surface area is 176 Å². The second-order valence-corrected chi connectivity index (χ2v) is 7.51. The summed E-state index contributed by atoms with van der Waals surface area (Å²) >= 11 is 1.44. The van der Waals surface area contributed by atoms with Gasteiger partial charge in [-0.3, -0.25) is 4.79 Å². The fraction of sp³-hybridized carbons (Fsp3) is 0.227. The summed E-state index contributed by atoms with van der Waals surface area (Å²) in [5, 5.41) is 1.86. The van der Waals surface area contributed by atoms with Gasteiger partial charge in [-0.1, -0.05) is 24.3 Å². The van der Waals surface area contributed by atoms with E-state index in [-0.39, 0.29) is 18.7 Å². The maximum absolute atomic E-state index is 13.5. The van der Waals surface area contributed by atoms with Crippen molar-refractivity contribution in [2.24, 2.45) is 0 Å². The Morgan fingerprint density at radius 3 is 2.33 bits per heavy atom. The van der Waals surface area contributed by atoms with Crippen LogP contribution in [0.1, 0.15) is 26.4 Å². The molecule has 0 unspecified atom stereocenters. The van der Waals surface area contributed by atoms with E-state index in [1.165, 1.54) is 48.7 Å². The van der Waals surface area contributed by atoms with Gasteiger partial charge < -0.3 is 14.4 Å². The molecular formula is C22H20F3NO3S. The van der Waals surface area contributed by atoms with Gasteiger partial charge in [0.05, 0.1) is 31.9 Å². The lowest BCUT2D eigenvalue weighted by Gasteiger charge is -2.24. The van der Waals surface area contributed by atoms with E-state index < -0.39 is 17.6 Å². The summed E-state index contributed by atoms with van der Waals surface area (Å²) < 4.78 is 50.9. The first kappa shape index (κ1) is 21.7. The molecule has 1 heterocycles. The molecule has 8 heteroatoms. The maximum Gasteiger partial charge on any atom is 0.417 e. The zero-order valence-electron chi connectivity index (χ0n) is 16.4. The number of methoxy groups -OCH3 is 2. The lowest BCUT2D eigenvalue weighted by Crippen LogP contribution is -2.31. The first-order valence-electron chi connectivity index (χ1n) is 9.02. The smallest absolute Gasteiger partial charge is 0.417 e. The predicted molar refractivity (Wildman–Crippen MR) is 109 cm³/mol. The third-order valence-electron chi connectivity index (χ3n) is 4.50. The van der Waals surface area contributed by atoms with Crippen molar-refractivity contribution >= 4 is 17.2 Å². The van der Waals surface area contributed by atoms with Gasteiger partial charge in [0.15, 0.2) is 11.5 Å². The summed E-state index contributed by atoms with van der Waals surface area (Å²) in [4.78, 5) is 15.5. The Morgan fingerprint density at radius 2 is 1.70 bits per heavy atom. The van der Waals surface area contributed by atoms with E-state index in [9.17, 15) is 18.0 Å². The molecule has 0 aliphatic carbocycles. The number of nitrogens with zero attached hydrogens (tertiary/aromatic N) is 1. The molecule has 2 aromatic carbocycles. The van der Waals surface area contributed by atoms with Crippen molar-refractivity contribution in [1.29, 1.82) is 0 Å². The Hall–Kier alpha value is -3.00. The molecular weight excluding hydrogens is 415 g/mol. The predicted octanol–water partition coefficient (Wildman–Crippen LogP) is 5.63. The number of rotatable bonds is 7. The fourth-order valence-corrected chi connectivity index (χ4v) is 3.80. The van der Waals surface area contributed by atoms with Gasteiger partial charge in [-0.25, -0.2) is 0 Å². The van der Waals surface area contributed by atoms with Crippen LogP contribution in [0.15, 0.2) is 60.0 Å². The number of carbonyl (C=O) groups excluding carboxylic acids is 1. The van der Waals surface area contributed by atoms with E-state index in [2.05, 4.69) is 0 Å². The fourth-order valence-electron chi connectivity index (χ4n) is 3.08. The van der Waals surface area contributed by atoms with Gasteiger partial charge in [0, 0.05) is 11.4 Å². The molecule has 1 aromatic heterocycles. The molecule has 0 saturated carbocycles. The van der Waals surface area contributed by atoms with Crippen LogP contribution >= 0.6 is 11.3 Å². The van der Waals surface area contributed by atoms with E-state index in [0.717, 1.165) is 10.9 Å². The molecule has 0 aliphatic rings. The number of benzene rings is 2. The van der Waals surface area contributed by atoms with Crippen LogP contribution < -0.4 is 9.47 Å². The molecule has 30 heavy (non-hydrogen) atoms. The molecule has 1 amide bonds. The van der Waals surface area contributed by atoms with Crippen LogP contribution in [0.2, 0.25) is 0 Å².